The van der Waals surface area contributed by atoms with Crippen molar-refractivity contribution in [3.8, 4) is 0 Å². The summed E-state index contributed by atoms with van der Waals surface area (Å²) in [4.78, 5) is 9.60. The molecule has 0 saturated carbocycles. The quantitative estimate of drug-likeness (QED) is 0.464. The lowest BCUT2D eigenvalue weighted by atomic mass is 10.2. The maximum Gasteiger partial charge on any atom is 0.330 e. The van der Waals surface area contributed by atoms with Crippen LogP contribution in [0.4, 0.5) is 0 Å². The minimum atomic E-state index is -0.935. The van der Waals surface area contributed by atoms with Gasteiger partial charge >= 0.3 is 5.97 Å². The standard InChI is InChI=1S/C6H14O2.C4H6O2/c1-6(8)4-2-3-5-7;1-3(2)4(5)6/h6-8H,2-5H2,1H3;1H2,2H3,(H,5,6). The van der Waals surface area contributed by atoms with Crippen LogP contribution in [-0.2, 0) is 4.79 Å². The molecular weight excluding hydrogens is 184 g/mol. The van der Waals surface area contributed by atoms with Crippen molar-refractivity contribution in [2.45, 2.75) is 39.2 Å². The Balaban J connectivity index is 0. The second kappa shape index (κ2) is 10.2. The van der Waals surface area contributed by atoms with E-state index in [1.54, 1.807) is 6.92 Å². The maximum atomic E-state index is 9.60. The van der Waals surface area contributed by atoms with Crippen molar-refractivity contribution >= 4 is 5.97 Å². The van der Waals surface area contributed by atoms with Crippen molar-refractivity contribution in [2.75, 3.05) is 6.61 Å². The molecule has 0 aromatic carbocycles. The van der Waals surface area contributed by atoms with Gasteiger partial charge in [-0.2, -0.15) is 0 Å². The van der Waals surface area contributed by atoms with Gasteiger partial charge in [-0.3, -0.25) is 0 Å². The number of unbranched alkanes of at least 4 members (excludes halogenated alkanes) is 1. The highest BCUT2D eigenvalue weighted by atomic mass is 16.4. The van der Waals surface area contributed by atoms with Crippen LogP contribution in [0.1, 0.15) is 33.1 Å². The van der Waals surface area contributed by atoms with E-state index in [9.17, 15) is 4.79 Å². The van der Waals surface area contributed by atoms with Gasteiger partial charge in [0.1, 0.15) is 0 Å². The first kappa shape index (κ1) is 15.6. The molecule has 0 aromatic rings. The molecule has 0 fully saturated rings. The molecule has 0 rings (SSSR count). The van der Waals surface area contributed by atoms with Gasteiger partial charge in [0.15, 0.2) is 0 Å². The van der Waals surface area contributed by atoms with Crippen molar-refractivity contribution in [3.63, 3.8) is 0 Å². The van der Waals surface area contributed by atoms with Gasteiger partial charge in [0.25, 0.3) is 0 Å². The average Bonchev–Trinajstić information content (AvgIpc) is 2.05. The first-order valence-electron chi connectivity index (χ1n) is 4.59. The SMILES string of the molecule is C=C(C)C(=O)O.CC(O)CCCCO. The number of aliphatic hydroxyl groups excluding tert-OH is 2. The molecule has 0 bridgehead atoms. The summed E-state index contributed by atoms with van der Waals surface area (Å²) in [6.07, 6.45) is 2.33. The van der Waals surface area contributed by atoms with Crippen LogP contribution in [-0.4, -0.2) is 34.0 Å². The van der Waals surface area contributed by atoms with E-state index in [0.29, 0.717) is 0 Å². The van der Waals surface area contributed by atoms with Crippen LogP contribution in [0.3, 0.4) is 0 Å². The fourth-order valence-corrected chi connectivity index (χ4v) is 0.552. The molecule has 1 atom stereocenters. The van der Waals surface area contributed by atoms with Gasteiger partial charge in [0, 0.05) is 12.2 Å². The smallest absolute Gasteiger partial charge is 0.330 e. The van der Waals surface area contributed by atoms with Gasteiger partial charge in [-0.1, -0.05) is 6.58 Å². The number of rotatable bonds is 5. The molecule has 0 aromatic heterocycles. The summed E-state index contributed by atoms with van der Waals surface area (Å²) in [5.74, 6) is -0.935. The van der Waals surface area contributed by atoms with Crippen LogP contribution in [0.2, 0.25) is 0 Å². The largest absolute Gasteiger partial charge is 0.478 e. The third-order valence-corrected chi connectivity index (χ3v) is 1.40. The Kier molecular flexibility index (Phi) is 11.4. The Morgan fingerprint density at radius 1 is 1.43 bits per heavy atom. The molecule has 0 saturated heterocycles. The molecule has 0 aliphatic carbocycles. The molecule has 0 radical (unpaired) electrons. The van der Waals surface area contributed by atoms with Crippen LogP contribution in [0.5, 0.6) is 0 Å². The van der Waals surface area contributed by atoms with E-state index in [1.165, 1.54) is 6.92 Å². The minimum absolute atomic E-state index is 0.176. The molecule has 0 aliphatic rings. The lowest BCUT2D eigenvalue weighted by Gasteiger charge is -1.99. The number of carboxylic acids is 1. The summed E-state index contributed by atoms with van der Waals surface area (Å²) < 4.78 is 0. The summed E-state index contributed by atoms with van der Waals surface area (Å²) in [5, 5.41) is 24.9. The monoisotopic (exact) mass is 204 g/mol. The summed E-state index contributed by atoms with van der Waals surface area (Å²) in [5.41, 5.74) is 0.176. The molecule has 0 aliphatic heterocycles. The van der Waals surface area contributed by atoms with Gasteiger partial charge in [-0.25, -0.2) is 4.79 Å². The molecule has 0 spiro atoms. The van der Waals surface area contributed by atoms with Crippen molar-refractivity contribution in [1.82, 2.24) is 0 Å². The fourth-order valence-electron chi connectivity index (χ4n) is 0.552. The normalized spacial score (nSPS) is 11.1. The highest BCUT2D eigenvalue weighted by Gasteiger charge is 1.92. The molecule has 4 heteroatoms. The summed E-state index contributed by atoms with van der Waals surface area (Å²) >= 11 is 0. The number of aliphatic hydroxyl groups is 2. The van der Waals surface area contributed by atoms with E-state index in [4.69, 9.17) is 15.3 Å². The third-order valence-electron chi connectivity index (χ3n) is 1.40. The first-order valence-corrected chi connectivity index (χ1v) is 4.59. The molecule has 0 amide bonds. The molecule has 84 valence electrons. The van der Waals surface area contributed by atoms with E-state index in [-0.39, 0.29) is 18.3 Å². The zero-order valence-electron chi connectivity index (χ0n) is 8.86. The Morgan fingerprint density at radius 3 is 2.07 bits per heavy atom. The summed E-state index contributed by atoms with van der Waals surface area (Å²) in [6.45, 7) is 6.61. The van der Waals surface area contributed by atoms with E-state index in [0.717, 1.165) is 19.3 Å². The predicted molar refractivity (Wildman–Crippen MR) is 55.1 cm³/mol. The van der Waals surface area contributed by atoms with Crippen LogP contribution in [0, 0.1) is 0 Å². The highest BCUT2D eigenvalue weighted by molar-refractivity contribution is 5.84. The molecule has 14 heavy (non-hydrogen) atoms. The van der Waals surface area contributed by atoms with Crippen molar-refractivity contribution in [1.29, 1.82) is 0 Å². The Morgan fingerprint density at radius 2 is 1.86 bits per heavy atom. The second-order valence-electron chi connectivity index (χ2n) is 3.15. The Hall–Kier alpha value is -0.870. The molecule has 0 heterocycles. The van der Waals surface area contributed by atoms with Gasteiger partial charge in [-0.15, -0.1) is 0 Å². The van der Waals surface area contributed by atoms with Crippen molar-refractivity contribution in [3.05, 3.63) is 12.2 Å². The Bertz CT molecular complexity index is 152. The van der Waals surface area contributed by atoms with Crippen LogP contribution in [0.25, 0.3) is 0 Å². The number of hydrogen-bond donors (Lipinski definition) is 3. The lowest BCUT2D eigenvalue weighted by Crippen LogP contribution is -1.98. The van der Waals surface area contributed by atoms with E-state index < -0.39 is 5.97 Å². The van der Waals surface area contributed by atoms with Gasteiger partial charge < -0.3 is 15.3 Å². The van der Waals surface area contributed by atoms with Gasteiger partial charge in [0.05, 0.1) is 6.10 Å². The third kappa shape index (κ3) is 17.3. The zero-order chi connectivity index (χ0) is 11.6. The fraction of sp³-hybridized carbons (Fsp3) is 0.700. The van der Waals surface area contributed by atoms with Crippen molar-refractivity contribution < 1.29 is 20.1 Å². The predicted octanol–water partition coefficient (Wildman–Crippen LogP) is 1.18. The van der Waals surface area contributed by atoms with Crippen molar-refractivity contribution in [2.24, 2.45) is 0 Å². The first-order chi connectivity index (χ1) is 6.41. The van der Waals surface area contributed by atoms with E-state index in [2.05, 4.69) is 6.58 Å². The van der Waals surface area contributed by atoms with Crippen LogP contribution < -0.4 is 0 Å². The topological polar surface area (TPSA) is 77.8 Å². The van der Waals surface area contributed by atoms with E-state index >= 15 is 0 Å². The minimum Gasteiger partial charge on any atom is -0.478 e. The molecular formula is C10H20O4. The van der Waals surface area contributed by atoms with Crippen LogP contribution >= 0.6 is 0 Å². The Labute approximate surface area is 84.9 Å². The number of carbonyl (C=O) groups is 1. The zero-order valence-corrected chi connectivity index (χ0v) is 8.86. The summed E-state index contributed by atoms with van der Waals surface area (Å²) in [6, 6.07) is 0. The highest BCUT2D eigenvalue weighted by Crippen LogP contribution is 1.97. The maximum absolute atomic E-state index is 9.60. The number of hydrogen-bond acceptors (Lipinski definition) is 3. The molecule has 1 unspecified atom stereocenters. The van der Waals surface area contributed by atoms with E-state index in [1.807, 2.05) is 0 Å². The molecule has 3 N–H and O–H groups in total. The summed E-state index contributed by atoms with van der Waals surface area (Å²) in [7, 11) is 0. The number of aliphatic carboxylic acids is 1. The number of carboxylic acid groups (broad SMARTS) is 1. The second-order valence-corrected chi connectivity index (χ2v) is 3.15. The van der Waals surface area contributed by atoms with Gasteiger partial charge in [-0.05, 0) is 33.1 Å². The van der Waals surface area contributed by atoms with Crippen LogP contribution in [0.15, 0.2) is 12.2 Å². The molecule has 4 nitrogen and oxygen atoms in total. The average molecular weight is 204 g/mol. The lowest BCUT2D eigenvalue weighted by molar-refractivity contribution is -0.132. The van der Waals surface area contributed by atoms with Gasteiger partial charge in [0.2, 0.25) is 0 Å².